The van der Waals surface area contributed by atoms with Crippen LogP contribution in [0, 0.1) is 11.3 Å². The second kappa shape index (κ2) is 11.3. The molecule has 1 heterocycles. The van der Waals surface area contributed by atoms with Crippen LogP contribution in [0.4, 0.5) is 26.3 Å². The maximum Gasteiger partial charge on any atom is 0.558 e. The molecule has 1 aliphatic rings. The van der Waals surface area contributed by atoms with Crippen LogP contribution in [0.5, 0.6) is 0 Å². The Balaban J connectivity index is 0.000000661. The van der Waals surface area contributed by atoms with Crippen LogP contribution in [-0.4, -0.2) is 88.8 Å². The van der Waals surface area contributed by atoms with Gasteiger partial charge >= 0.3 is 19.8 Å². The summed E-state index contributed by atoms with van der Waals surface area (Å²) in [6, 6.07) is 0. The minimum Gasteiger partial charge on any atom is -0.421 e. The first-order valence-electron chi connectivity index (χ1n) is 9.77. The number of likely N-dealkylation sites (tertiary alicyclic amines) is 1. The van der Waals surface area contributed by atoms with Crippen LogP contribution in [0.15, 0.2) is 0 Å². The molecule has 1 aliphatic heterocycles. The number of hydrogen-bond acceptors (Lipinski definition) is 7. The summed E-state index contributed by atoms with van der Waals surface area (Å²) in [5.41, 5.74) is -12.0. The Kier molecular flexibility index (Phi) is 11.1. The van der Waals surface area contributed by atoms with Gasteiger partial charge in [0.1, 0.15) is 6.17 Å². The van der Waals surface area contributed by atoms with E-state index in [-0.39, 0.29) is 0 Å². The summed E-state index contributed by atoms with van der Waals surface area (Å²) in [4.78, 5) is 0. The third-order valence-electron chi connectivity index (χ3n) is 5.55. The van der Waals surface area contributed by atoms with Crippen LogP contribution >= 0.6 is 0 Å². The zero-order valence-electron chi connectivity index (χ0n) is 19.9. The van der Waals surface area contributed by atoms with E-state index in [1.165, 1.54) is 25.9 Å². The minimum absolute atomic E-state index is 0.420. The van der Waals surface area contributed by atoms with Crippen molar-refractivity contribution in [3.05, 3.63) is 4.13 Å². The highest BCUT2D eigenvalue weighted by Crippen LogP contribution is 2.37. The van der Waals surface area contributed by atoms with E-state index in [0.29, 0.717) is 5.41 Å². The van der Waals surface area contributed by atoms with E-state index in [0.717, 1.165) is 20.7 Å². The monoisotopic (exact) mass is 570 g/mol. The van der Waals surface area contributed by atoms with Gasteiger partial charge in [0.25, 0.3) is 0 Å². The normalized spacial score (nSPS) is 23.3. The molecule has 0 N–H and O–H groups in total. The molecule has 9 nitrogen and oxygen atoms in total. The molecule has 206 valence electrons. The Morgan fingerprint density at radius 3 is 1.38 bits per heavy atom. The topological polar surface area (TPSA) is 110 Å². The van der Waals surface area contributed by atoms with Crippen molar-refractivity contribution in [3.63, 3.8) is 0 Å². The van der Waals surface area contributed by atoms with Crippen LogP contribution < -0.4 is 0 Å². The van der Waals surface area contributed by atoms with Crippen molar-refractivity contribution in [1.82, 2.24) is 0 Å². The molecule has 1 rings (SSSR count). The lowest BCUT2D eigenvalue weighted by Crippen LogP contribution is -2.63. The second-order valence-electron chi connectivity index (χ2n) is 9.08. The van der Waals surface area contributed by atoms with Crippen molar-refractivity contribution < 1.29 is 60.9 Å². The van der Waals surface area contributed by atoms with Gasteiger partial charge in [-0.25, -0.2) is 16.8 Å². The Bertz CT molecular complexity index is 811. The molecule has 0 aromatic rings. The Morgan fingerprint density at radius 1 is 0.824 bits per heavy atom. The van der Waals surface area contributed by atoms with Crippen molar-refractivity contribution >= 4 is 28.9 Å². The maximum absolute atomic E-state index is 11.4. The predicted molar refractivity (Wildman–Crippen MR) is 113 cm³/mol. The quantitative estimate of drug-likeness (QED) is 0.262. The second-order valence-corrected chi connectivity index (χ2v) is 15.4. The van der Waals surface area contributed by atoms with Gasteiger partial charge in [-0.3, -0.25) is 0 Å². The van der Waals surface area contributed by atoms with Gasteiger partial charge in [0.05, 0.1) is 20.1 Å². The van der Waals surface area contributed by atoms with Crippen molar-refractivity contribution in [2.45, 2.75) is 44.6 Å². The fourth-order valence-electron chi connectivity index (χ4n) is 3.34. The van der Waals surface area contributed by atoms with E-state index in [1.54, 1.807) is 21.3 Å². The van der Waals surface area contributed by atoms with Crippen molar-refractivity contribution in [2.24, 2.45) is 11.3 Å². The van der Waals surface area contributed by atoms with Gasteiger partial charge in [-0.05, 0) is 11.3 Å². The number of sulfonamides is 2. The summed E-state index contributed by atoms with van der Waals surface area (Å²) in [5.74, 6) is 0.822. The molecule has 0 aromatic carbocycles. The molecular weight excluding hydrogens is 538 g/mol. The standard InChI is InChI=1S/C14H32NO3Si.C2F6NO4S2/c1-14(2,3)13-8-10-15(4,11-9-13)12-19(16-5,17-6)18-7;3-1(4,5)14(10,11)9-15(12,13)2(6,7)8/h13H,8-12H2,1-7H3;/q+1;-1. The lowest BCUT2D eigenvalue weighted by molar-refractivity contribution is -0.908. The molecule has 34 heavy (non-hydrogen) atoms. The van der Waals surface area contributed by atoms with Gasteiger partial charge in [0.2, 0.25) is 0 Å². The average Bonchev–Trinajstić information content (AvgIpc) is 2.64. The van der Waals surface area contributed by atoms with Crippen molar-refractivity contribution in [3.8, 4) is 0 Å². The first-order chi connectivity index (χ1) is 14.9. The van der Waals surface area contributed by atoms with Crippen LogP contribution in [0.1, 0.15) is 33.6 Å². The molecular formula is C16H32F6N2O7S2Si. The highest BCUT2D eigenvalue weighted by atomic mass is 32.3. The Hall–Kier alpha value is -0.503. The molecule has 0 amide bonds. The molecule has 0 unspecified atom stereocenters. The first-order valence-corrected chi connectivity index (χ1v) is 14.6. The van der Waals surface area contributed by atoms with E-state index in [1.807, 2.05) is 0 Å². The highest BCUT2D eigenvalue weighted by molar-refractivity contribution is 8.13. The number of hydrogen-bond donors (Lipinski definition) is 0. The minimum atomic E-state index is -6.72. The van der Waals surface area contributed by atoms with E-state index >= 15 is 0 Å². The molecule has 0 bridgehead atoms. The molecule has 1 saturated heterocycles. The largest absolute Gasteiger partial charge is 0.558 e. The van der Waals surface area contributed by atoms with Crippen LogP contribution in [0.3, 0.4) is 0 Å². The van der Waals surface area contributed by atoms with Crippen molar-refractivity contribution in [1.29, 1.82) is 0 Å². The molecule has 0 aliphatic carbocycles. The molecule has 0 radical (unpaired) electrons. The summed E-state index contributed by atoms with van der Waals surface area (Å²) < 4.78 is 127. The van der Waals surface area contributed by atoms with Gasteiger partial charge in [0.15, 0.2) is 20.0 Å². The zero-order valence-corrected chi connectivity index (χ0v) is 22.6. The molecule has 0 aromatic heterocycles. The summed E-state index contributed by atoms with van der Waals surface area (Å²) >= 11 is 0. The van der Waals surface area contributed by atoms with E-state index < -0.39 is 39.9 Å². The number of rotatable bonds is 7. The third-order valence-corrected chi connectivity index (χ3v) is 11.3. The fourth-order valence-corrected chi connectivity index (χ4v) is 7.19. The van der Waals surface area contributed by atoms with Gasteiger partial charge in [-0.2, -0.15) is 26.3 Å². The van der Waals surface area contributed by atoms with E-state index in [9.17, 15) is 43.2 Å². The highest BCUT2D eigenvalue weighted by Gasteiger charge is 2.49. The summed E-state index contributed by atoms with van der Waals surface area (Å²) in [5, 5.41) is 0. The SMILES string of the molecule is CO[Si](C[N+]1(C)CCC(C(C)(C)C)CC1)(OC)OC.O=S(=O)([N-]S(=O)(=O)C(F)(F)F)C(F)(F)F. The van der Waals surface area contributed by atoms with Gasteiger partial charge in [0, 0.05) is 34.2 Å². The average molecular weight is 571 g/mol. The summed E-state index contributed by atoms with van der Waals surface area (Å²) in [6.07, 6.45) is 3.43. The van der Waals surface area contributed by atoms with Crippen LogP contribution in [0.25, 0.3) is 4.13 Å². The molecule has 1 fully saturated rings. The summed E-state index contributed by atoms with van der Waals surface area (Å²) in [6.45, 7) is 9.43. The Morgan fingerprint density at radius 2 is 1.15 bits per heavy atom. The van der Waals surface area contributed by atoms with Gasteiger partial charge < -0.3 is 21.9 Å². The third kappa shape index (κ3) is 9.18. The zero-order chi connectivity index (χ0) is 27.4. The van der Waals surface area contributed by atoms with E-state index in [2.05, 4.69) is 27.8 Å². The lowest BCUT2D eigenvalue weighted by Gasteiger charge is -2.46. The fraction of sp³-hybridized carbons (Fsp3) is 1.00. The number of piperidine rings is 1. The molecule has 18 heteroatoms. The molecule has 0 saturated carbocycles. The number of quaternary nitrogens is 1. The smallest absolute Gasteiger partial charge is 0.421 e. The van der Waals surface area contributed by atoms with Gasteiger partial charge in [-0.1, -0.05) is 20.8 Å². The van der Waals surface area contributed by atoms with Crippen molar-refractivity contribution in [2.75, 3.05) is 47.6 Å². The van der Waals surface area contributed by atoms with Crippen LogP contribution in [-0.2, 0) is 33.3 Å². The van der Waals surface area contributed by atoms with Crippen LogP contribution in [0.2, 0.25) is 0 Å². The summed E-state index contributed by atoms with van der Waals surface area (Å²) in [7, 11) is -8.51. The maximum atomic E-state index is 11.4. The van der Waals surface area contributed by atoms with E-state index in [4.69, 9.17) is 13.3 Å². The predicted octanol–water partition coefficient (Wildman–Crippen LogP) is 3.37. The number of alkyl halides is 6. The Labute approximate surface area is 197 Å². The lowest BCUT2D eigenvalue weighted by atomic mass is 9.75. The molecule has 0 atom stereocenters. The van der Waals surface area contributed by atoms with Gasteiger partial charge in [-0.15, -0.1) is 0 Å². The number of halogens is 6. The first kappa shape index (κ1) is 33.5. The molecule has 0 spiro atoms. The number of nitrogens with zero attached hydrogens (tertiary/aromatic N) is 2.